The molecule has 0 atom stereocenters. The number of aliphatic imine (C=N–C) groups is 1. The number of hydrogen-bond acceptors (Lipinski definition) is 2. The molecule has 2 aromatic rings. The predicted molar refractivity (Wildman–Crippen MR) is 102 cm³/mol. The number of benzene rings is 2. The lowest BCUT2D eigenvalue weighted by Crippen LogP contribution is -2.39. The number of hydrogen-bond donors (Lipinski definition) is 3. The van der Waals surface area contributed by atoms with Crippen LogP contribution >= 0.6 is 0 Å². The zero-order valence-electron chi connectivity index (χ0n) is 15.0. The van der Waals surface area contributed by atoms with Crippen LogP contribution in [0.5, 0.6) is 0 Å². The van der Waals surface area contributed by atoms with Crippen molar-refractivity contribution in [3.05, 3.63) is 71.5 Å². The van der Waals surface area contributed by atoms with Crippen LogP contribution in [-0.2, 0) is 17.9 Å². The topological polar surface area (TPSA) is 65.5 Å². The molecule has 2 rings (SSSR count). The molecule has 138 valence electrons. The first kappa shape index (κ1) is 19.4. The standard InChI is InChI=1S/C20H25FN4O/c1-2-22-20(25-15-17-8-10-18(21)11-9-17)23-13-12-19(26)24-14-16-6-4-3-5-7-16/h3-11H,2,12-15H2,1H3,(H,24,26)(H2,22,23,25). The molecule has 0 bridgehead atoms. The van der Waals surface area contributed by atoms with Gasteiger partial charge in [-0.05, 0) is 30.2 Å². The summed E-state index contributed by atoms with van der Waals surface area (Å²) >= 11 is 0. The molecule has 0 saturated carbocycles. The number of halogens is 1. The molecule has 0 aliphatic carbocycles. The summed E-state index contributed by atoms with van der Waals surface area (Å²) in [5, 5.41) is 9.16. The Morgan fingerprint density at radius 3 is 2.38 bits per heavy atom. The van der Waals surface area contributed by atoms with Crippen molar-refractivity contribution in [3.8, 4) is 0 Å². The summed E-state index contributed by atoms with van der Waals surface area (Å²) in [6.07, 6.45) is 0.355. The molecule has 1 amide bonds. The number of guanidine groups is 1. The molecule has 0 saturated heterocycles. The zero-order chi connectivity index (χ0) is 18.6. The fourth-order valence-electron chi connectivity index (χ4n) is 2.28. The maximum absolute atomic E-state index is 12.9. The van der Waals surface area contributed by atoms with E-state index in [0.29, 0.717) is 32.0 Å². The quantitative estimate of drug-likeness (QED) is 0.503. The summed E-state index contributed by atoms with van der Waals surface area (Å²) in [7, 11) is 0. The monoisotopic (exact) mass is 356 g/mol. The van der Waals surface area contributed by atoms with E-state index in [1.54, 1.807) is 12.1 Å². The lowest BCUT2D eigenvalue weighted by atomic mass is 10.2. The van der Waals surface area contributed by atoms with E-state index >= 15 is 0 Å². The minimum atomic E-state index is -0.260. The lowest BCUT2D eigenvalue weighted by molar-refractivity contribution is -0.121. The van der Waals surface area contributed by atoms with E-state index in [9.17, 15) is 9.18 Å². The Morgan fingerprint density at radius 2 is 1.69 bits per heavy atom. The molecular formula is C20H25FN4O. The minimum absolute atomic E-state index is 0.0178. The summed E-state index contributed by atoms with van der Waals surface area (Å²) in [6, 6.07) is 16.0. The minimum Gasteiger partial charge on any atom is -0.357 e. The van der Waals surface area contributed by atoms with Crippen molar-refractivity contribution in [2.45, 2.75) is 26.4 Å². The first-order valence-corrected chi connectivity index (χ1v) is 8.74. The number of rotatable bonds is 8. The van der Waals surface area contributed by atoms with Crippen LogP contribution in [0.2, 0.25) is 0 Å². The van der Waals surface area contributed by atoms with Crippen molar-refractivity contribution >= 4 is 11.9 Å². The normalized spacial score (nSPS) is 11.1. The molecule has 0 unspecified atom stereocenters. The third-order valence-electron chi connectivity index (χ3n) is 3.65. The lowest BCUT2D eigenvalue weighted by Gasteiger charge is -2.11. The van der Waals surface area contributed by atoms with E-state index in [0.717, 1.165) is 17.7 Å². The molecule has 0 aromatic heterocycles. The molecule has 26 heavy (non-hydrogen) atoms. The average Bonchev–Trinajstić information content (AvgIpc) is 2.66. The summed E-state index contributed by atoms with van der Waals surface area (Å²) in [5.74, 6) is 0.354. The van der Waals surface area contributed by atoms with Gasteiger partial charge in [0.1, 0.15) is 5.82 Å². The molecule has 3 N–H and O–H groups in total. The van der Waals surface area contributed by atoms with E-state index in [1.165, 1.54) is 12.1 Å². The van der Waals surface area contributed by atoms with Gasteiger partial charge >= 0.3 is 0 Å². The number of carbonyl (C=O) groups excluding carboxylic acids is 1. The summed E-state index contributed by atoms with van der Waals surface area (Å²) in [6.45, 7) is 4.14. The Morgan fingerprint density at radius 1 is 0.962 bits per heavy atom. The Kier molecular flexibility index (Phi) is 8.12. The van der Waals surface area contributed by atoms with Crippen LogP contribution in [-0.4, -0.2) is 25.0 Å². The third-order valence-corrected chi connectivity index (χ3v) is 3.65. The second kappa shape index (κ2) is 10.9. The van der Waals surface area contributed by atoms with Gasteiger partial charge in [-0.2, -0.15) is 0 Å². The number of amides is 1. The molecule has 6 heteroatoms. The highest BCUT2D eigenvalue weighted by molar-refractivity contribution is 5.81. The van der Waals surface area contributed by atoms with Gasteiger partial charge in [0.2, 0.25) is 5.91 Å². The number of nitrogens with zero attached hydrogens (tertiary/aromatic N) is 1. The van der Waals surface area contributed by atoms with Gasteiger partial charge in [0.15, 0.2) is 5.96 Å². The van der Waals surface area contributed by atoms with Crippen molar-refractivity contribution in [1.29, 1.82) is 0 Å². The molecule has 5 nitrogen and oxygen atoms in total. The predicted octanol–water partition coefficient (Wildman–Crippen LogP) is 2.59. The van der Waals surface area contributed by atoms with Crippen LogP contribution in [0.1, 0.15) is 24.5 Å². The van der Waals surface area contributed by atoms with Crippen LogP contribution in [0.15, 0.2) is 59.6 Å². The summed E-state index contributed by atoms with van der Waals surface area (Å²) in [4.78, 5) is 16.4. The van der Waals surface area contributed by atoms with Crippen molar-refractivity contribution in [2.75, 3.05) is 13.1 Å². The smallest absolute Gasteiger partial charge is 0.222 e. The number of carbonyl (C=O) groups is 1. The third kappa shape index (κ3) is 7.34. The van der Waals surface area contributed by atoms with Crippen LogP contribution in [0.25, 0.3) is 0 Å². The average molecular weight is 356 g/mol. The molecule has 0 aliphatic heterocycles. The van der Waals surface area contributed by atoms with E-state index in [4.69, 9.17) is 0 Å². The van der Waals surface area contributed by atoms with Gasteiger partial charge in [0, 0.05) is 26.1 Å². The molecule has 0 heterocycles. The maximum atomic E-state index is 12.9. The first-order chi connectivity index (χ1) is 12.7. The van der Waals surface area contributed by atoms with Gasteiger partial charge < -0.3 is 16.0 Å². The second-order valence-corrected chi connectivity index (χ2v) is 5.76. The van der Waals surface area contributed by atoms with E-state index < -0.39 is 0 Å². The molecule has 0 radical (unpaired) electrons. The Hall–Kier alpha value is -2.89. The van der Waals surface area contributed by atoms with Crippen LogP contribution < -0.4 is 16.0 Å². The van der Waals surface area contributed by atoms with Crippen LogP contribution in [0.3, 0.4) is 0 Å². The van der Waals surface area contributed by atoms with Crippen molar-refractivity contribution in [1.82, 2.24) is 16.0 Å². The van der Waals surface area contributed by atoms with Crippen LogP contribution in [0, 0.1) is 5.82 Å². The summed E-state index contributed by atoms with van der Waals surface area (Å²) in [5.41, 5.74) is 1.99. The molecule has 0 aliphatic rings. The highest BCUT2D eigenvalue weighted by Crippen LogP contribution is 2.03. The maximum Gasteiger partial charge on any atom is 0.222 e. The largest absolute Gasteiger partial charge is 0.357 e. The highest BCUT2D eigenvalue weighted by atomic mass is 19.1. The molecule has 2 aromatic carbocycles. The van der Waals surface area contributed by atoms with Gasteiger partial charge in [-0.3, -0.25) is 4.79 Å². The number of nitrogens with one attached hydrogen (secondary N) is 3. The van der Waals surface area contributed by atoms with Crippen LogP contribution in [0.4, 0.5) is 4.39 Å². The first-order valence-electron chi connectivity index (χ1n) is 8.74. The SMILES string of the molecule is CCNC(=NCc1ccc(F)cc1)NCCC(=O)NCc1ccccc1. The van der Waals surface area contributed by atoms with E-state index in [2.05, 4.69) is 20.9 Å². The summed E-state index contributed by atoms with van der Waals surface area (Å²) < 4.78 is 12.9. The van der Waals surface area contributed by atoms with Gasteiger partial charge in [0.05, 0.1) is 6.54 Å². The van der Waals surface area contributed by atoms with Crippen molar-refractivity contribution < 1.29 is 9.18 Å². The molecular weight excluding hydrogens is 331 g/mol. The van der Waals surface area contributed by atoms with E-state index in [1.807, 2.05) is 37.3 Å². The molecule has 0 spiro atoms. The molecule has 0 fully saturated rings. The zero-order valence-corrected chi connectivity index (χ0v) is 15.0. The van der Waals surface area contributed by atoms with Gasteiger partial charge in [-0.1, -0.05) is 42.5 Å². The van der Waals surface area contributed by atoms with Crippen molar-refractivity contribution in [2.24, 2.45) is 4.99 Å². The highest BCUT2D eigenvalue weighted by Gasteiger charge is 2.03. The van der Waals surface area contributed by atoms with Crippen molar-refractivity contribution in [3.63, 3.8) is 0 Å². The van der Waals surface area contributed by atoms with Gasteiger partial charge in [0.25, 0.3) is 0 Å². The Balaban J connectivity index is 1.73. The van der Waals surface area contributed by atoms with E-state index in [-0.39, 0.29) is 11.7 Å². The van der Waals surface area contributed by atoms with Gasteiger partial charge in [-0.25, -0.2) is 9.38 Å². The van der Waals surface area contributed by atoms with Gasteiger partial charge in [-0.15, -0.1) is 0 Å². The Bertz CT molecular complexity index is 702. The fraction of sp³-hybridized carbons (Fsp3) is 0.300. The Labute approximate surface area is 153 Å². The second-order valence-electron chi connectivity index (χ2n) is 5.76. The fourth-order valence-corrected chi connectivity index (χ4v) is 2.28.